The van der Waals surface area contributed by atoms with Crippen LogP contribution in [0.15, 0.2) is 18.3 Å². The van der Waals surface area contributed by atoms with Crippen molar-refractivity contribution in [2.75, 3.05) is 0 Å². The fraction of sp³-hybridized carbons (Fsp3) is 0.182. The van der Waals surface area contributed by atoms with Gasteiger partial charge >= 0.3 is 0 Å². The van der Waals surface area contributed by atoms with E-state index in [9.17, 15) is 10.1 Å². The molecule has 0 spiro atoms. The molecule has 0 fully saturated rings. The highest BCUT2D eigenvalue weighted by molar-refractivity contribution is 6.35. The number of nitro benzene ring substituents is 1. The van der Waals surface area contributed by atoms with Crippen molar-refractivity contribution in [3.63, 3.8) is 0 Å². The van der Waals surface area contributed by atoms with E-state index in [4.69, 9.17) is 11.6 Å². The Bertz CT molecular complexity index is 596. The normalized spacial score (nSPS) is 10.7. The number of aromatic nitrogens is 1. The van der Waals surface area contributed by atoms with E-state index < -0.39 is 4.92 Å². The molecule has 0 saturated carbocycles. The van der Waals surface area contributed by atoms with Crippen LogP contribution >= 0.6 is 11.6 Å². The maximum Gasteiger partial charge on any atom is 0.273 e. The van der Waals surface area contributed by atoms with Crippen LogP contribution < -0.4 is 0 Å². The van der Waals surface area contributed by atoms with E-state index >= 15 is 0 Å². The van der Waals surface area contributed by atoms with Crippen LogP contribution in [0.5, 0.6) is 0 Å². The van der Waals surface area contributed by atoms with Crippen LogP contribution in [-0.4, -0.2) is 9.91 Å². The molecule has 0 N–H and O–H groups in total. The summed E-state index contributed by atoms with van der Waals surface area (Å²) in [6, 6.07) is 3.17. The summed E-state index contributed by atoms with van der Waals surface area (Å²) in [4.78, 5) is 14.7. The predicted molar refractivity (Wildman–Crippen MR) is 62.9 cm³/mol. The molecule has 5 heteroatoms. The quantitative estimate of drug-likeness (QED) is 0.563. The molecule has 0 aliphatic carbocycles. The van der Waals surface area contributed by atoms with Gasteiger partial charge in [-0.3, -0.25) is 15.1 Å². The lowest BCUT2D eigenvalue weighted by atomic mass is 10.0. The maximum absolute atomic E-state index is 10.9. The van der Waals surface area contributed by atoms with Crippen molar-refractivity contribution < 1.29 is 4.92 Å². The lowest BCUT2D eigenvalue weighted by Gasteiger charge is -2.07. The molecule has 16 heavy (non-hydrogen) atoms. The zero-order chi connectivity index (χ0) is 11.9. The second kappa shape index (κ2) is 3.72. The number of rotatable bonds is 1. The van der Waals surface area contributed by atoms with E-state index in [2.05, 4.69) is 4.98 Å². The lowest BCUT2D eigenvalue weighted by molar-refractivity contribution is -0.385. The van der Waals surface area contributed by atoms with Crippen LogP contribution in [0, 0.1) is 24.0 Å². The summed E-state index contributed by atoms with van der Waals surface area (Å²) >= 11 is 6.05. The molecule has 0 saturated heterocycles. The third-order valence-corrected chi connectivity index (χ3v) is 2.90. The minimum Gasteiger partial charge on any atom is -0.258 e. The van der Waals surface area contributed by atoms with Crippen LogP contribution in [0.4, 0.5) is 5.69 Å². The zero-order valence-corrected chi connectivity index (χ0v) is 9.58. The van der Waals surface area contributed by atoms with Crippen LogP contribution in [0.1, 0.15) is 11.1 Å². The summed E-state index contributed by atoms with van der Waals surface area (Å²) in [6.07, 6.45) is 1.60. The third-order valence-electron chi connectivity index (χ3n) is 2.58. The van der Waals surface area contributed by atoms with E-state index in [0.717, 1.165) is 11.1 Å². The van der Waals surface area contributed by atoms with Gasteiger partial charge < -0.3 is 0 Å². The minimum atomic E-state index is -0.398. The Morgan fingerprint density at radius 1 is 1.44 bits per heavy atom. The highest BCUT2D eigenvalue weighted by Gasteiger charge is 2.17. The van der Waals surface area contributed by atoms with Gasteiger partial charge in [-0.25, -0.2) is 0 Å². The molecule has 1 heterocycles. The summed E-state index contributed by atoms with van der Waals surface area (Å²) in [5.41, 5.74) is 2.12. The number of nitro groups is 1. The van der Waals surface area contributed by atoms with Gasteiger partial charge in [0.1, 0.15) is 0 Å². The first-order chi connectivity index (χ1) is 7.52. The van der Waals surface area contributed by atoms with Crippen molar-refractivity contribution in [1.29, 1.82) is 0 Å². The first-order valence-corrected chi connectivity index (χ1v) is 5.09. The number of hydrogen-bond donors (Lipinski definition) is 0. The summed E-state index contributed by atoms with van der Waals surface area (Å²) in [6.45, 7) is 3.48. The van der Waals surface area contributed by atoms with Gasteiger partial charge in [0, 0.05) is 23.2 Å². The molecule has 0 radical (unpaired) electrons. The van der Waals surface area contributed by atoms with Gasteiger partial charge in [-0.2, -0.15) is 0 Å². The van der Waals surface area contributed by atoms with Crippen molar-refractivity contribution in [1.82, 2.24) is 4.98 Å². The van der Waals surface area contributed by atoms with Gasteiger partial charge in [0.25, 0.3) is 5.69 Å². The second-order valence-corrected chi connectivity index (χ2v) is 4.02. The molecule has 0 atom stereocenters. The molecule has 0 unspecified atom stereocenters. The summed E-state index contributed by atoms with van der Waals surface area (Å²) in [5.74, 6) is 0. The van der Waals surface area contributed by atoms with Crippen LogP contribution in [0.2, 0.25) is 5.02 Å². The number of hydrogen-bond acceptors (Lipinski definition) is 3. The molecule has 1 aromatic carbocycles. The molecular weight excluding hydrogens is 228 g/mol. The number of pyridine rings is 1. The molecule has 2 rings (SSSR count). The standard InChI is InChI=1S/C11H9ClN2O2/c1-6-5-9(14(15)16)7(2)10-8(12)3-4-13-11(6)10/h3-5H,1-2H3. The van der Waals surface area contributed by atoms with Crippen molar-refractivity contribution in [3.8, 4) is 0 Å². The smallest absolute Gasteiger partial charge is 0.258 e. The lowest BCUT2D eigenvalue weighted by Crippen LogP contribution is -1.96. The van der Waals surface area contributed by atoms with E-state index in [-0.39, 0.29) is 5.69 Å². The Hall–Kier alpha value is -1.68. The van der Waals surface area contributed by atoms with E-state index in [1.807, 2.05) is 0 Å². The first-order valence-electron chi connectivity index (χ1n) is 4.71. The number of fused-ring (bicyclic) bond motifs is 1. The van der Waals surface area contributed by atoms with Crippen LogP contribution in [0.3, 0.4) is 0 Å². The molecule has 82 valence electrons. The SMILES string of the molecule is Cc1cc([N+](=O)[O-])c(C)c2c(Cl)ccnc12. The summed E-state index contributed by atoms with van der Waals surface area (Å²) in [7, 11) is 0. The van der Waals surface area contributed by atoms with E-state index in [1.165, 1.54) is 6.07 Å². The topological polar surface area (TPSA) is 56.0 Å². The first kappa shape index (κ1) is 10.8. The molecule has 2 aromatic rings. The molecule has 1 aromatic heterocycles. The van der Waals surface area contributed by atoms with Crippen LogP contribution in [0.25, 0.3) is 10.9 Å². The average molecular weight is 237 g/mol. The molecular formula is C11H9ClN2O2. The Morgan fingerprint density at radius 2 is 2.12 bits per heavy atom. The van der Waals surface area contributed by atoms with Gasteiger partial charge in [0.05, 0.1) is 15.5 Å². The second-order valence-electron chi connectivity index (χ2n) is 3.61. The van der Waals surface area contributed by atoms with E-state index in [1.54, 1.807) is 26.1 Å². The summed E-state index contributed by atoms with van der Waals surface area (Å²) < 4.78 is 0. The largest absolute Gasteiger partial charge is 0.273 e. The van der Waals surface area contributed by atoms with Gasteiger partial charge in [-0.1, -0.05) is 11.6 Å². The Balaban J connectivity index is 2.98. The van der Waals surface area contributed by atoms with Gasteiger partial charge in [-0.05, 0) is 25.5 Å². The highest BCUT2D eigenvalue weighted by Crippen LogP contribution is 2.33. The molecule has 0 bridgehead atoms. The number of aryl methyl sites for hydroxylation is 2. The zero-order valence-electron chi connectivity index (χ0n) is 8.82. The molecule has 4 nitrogen and oxygen atoms in total. The summed E-state index contributed by atoms with van der Waals surface area (Å²) in [5, 5.41) is 12.0. The van der Waals surface area contributed by atoms with E-state index in [0.29, 0.717) is 16.0 Å². The van der Waals surface area contributed by atoms with Crippen molar-refractivity contribution in [2.24, 2.45) is 0 Å². The van der Waals surface area contributed by atoms with Crippen molar-refractivity contribution in [3.05, 3.63) is 44.6 Å². The highest BCUT2D eigenvalue weighted by atomic mass is 35.5. The minimum absolute atomic E-state index is 0.0832. The number of nitrogens with zero attached hydrogens (tertiary/aromatic N) is 2. The monoisotopic (exact) mass is 236 g/mol. The fourth-order valence-electron chi connectivity index (χ4n) is 1.79. The van der Waals surface area contributed by atoms with Gasteiger partial charge in [0.15, 0.2) is 0 Å². The van der Waals surface area contributed by atoms with Crippen molar-refractivity contribution >= 4 is 28.2 Å². The van der Waals surface area contributed by atoms with Gasteiger partial charge in [0.2, 0.25) is 0 Å². The van der Waals surface area contributed by atoms with Gasteiger partial charge in [-0.15, -0.1) is 0 Å². The Kier molecular flexibility index (Phi) is 2.52. The van der Waals surface area contributed by atoms with Crippen LogP contribution in [-0.2, 0) is 0 Å². The molecule has 0 amide bonds. The number of halogens is 1. The molecule has 0 aliphatic rings. The average Bonchev–Trinajstić information content (AvgIpc) is 2.22. The third kappa shape index (κ3) is 1.51. The molecule has 0 aliphatic heterocycles. The Morgan fingerprint density at radius 3 is 2.75 bits per heavy atom. The predicted octanol–water partition coefficient (Wildman–Crippen LogP) is 3.41. The Labute approximate surface area is 97.0 Å². The number of benzene rings is 1. The maximum atomic E-state index is 10.9. The fourth-order valence-corrected chi connectivity index (χ4v) is 2.08. The van der Waals surface area contributed by atoms with Crippen molar-refractivity contribution in [2.45, 2.75) is 13.8 Å².